The van der Waals surface area contributed by atoms with E-state index in [4.69, 9.17) is 4.42 Å². The first-order valence-corrected chi connectivity index (χ1v) is 12.9. The van der Waals surface area contributed by atoms with Crippen molar-refractivity contribution in [1.29, 1.82) is 0 Å². The van der Waals surface area contributed by atoms with Crippen LogP contribution in [0.5, 0.6) is 0 Å². The minimum atomic E-state index is -0.512. The lowest BCUT2D eigenvalue weighted by atomic mass is 10.1. The molecular weight excluding hydrogens is 512 g/mol. The van der Waals surface area contributed by atoms with Gasteiger partial charge in [0.1, 0.15) is 11.6 Å². The summed E-state index contributed by atoms with van der Waals surface area (Å²) >= 11 is 1.09. The van der Waals surface area contributed by atoms with E-state index in [1.165, 1.54) is 24.3 Å². The number of nitrogens with one attached hydrogen (secondary N) is 1. The van der Waals surface area contributed by atoms with Crippen LogP contribution < -0.4 is 10.2 Å². The van der Waals surface area contributed by atoms with Gasteiger partial charge in [-0.1, -0.05) is 30.0 Å². The number of hydrogen-bond donors (Lipinski definition) is 1. The number of rotatable bonds is 7. The molecular formula is C27H23F2N5O3S. The Bertz CT molecular complexity index is 1440. The number of nitrogens with zero attached hydrogens (tertiary/aromatic N) is 4. The lowest BCUT2D eigenvalue weighted by Gasteiger charge is -2.36. The summed E-state index contributed by atoms with van der Waals surface area (Å²) in [5.41, 5.74) is 2.15. The number of benzene rings is 3. The minimum Gasteiger partial charge on any atom is -0.411 e. The second kappa shape index (κ2) is 11.4. The highest BCUT2D eigenvalue weighted by atomic mass is 32.2. The van der Waals surface area contributed by atoms with E-state index in [0.717, 1.165) is 17.4 Å². The second-order valence-corrected chi connectivity index (χ2v) is 9.45. The van der Waals surface area contributed by atoms with Crippen molar-refractivity contribution in [3.05, 3.63) is 90.0 Å². The van der Waals surface area contributed by atoms with Crippen molar-refractivity contribution in [2.24, 2.45) is 0 Å². The van der Waals surface area contributed by atoms with Gasteiger partial charge in [-0.05, 0) is 54.6 Å². The molecule has 0 aliphatic carbocycles. The SMILES string of the molecule is O=C(CSc1nnc(-c2cccc(F)c2)o1)Nc1ccc(N2CCN(C(=O)c3ccccc3F)CC2)cc1. The van der Waals surface area contributed by atoms with Gasteiger partial charge in [0.25, 0.3) is 11.1 Å². The minimum absolute atomic E-state index is 0.0601. The molecule has 0 bridgehead atoms. The van der Waals surface area contributed by atoms with Crippen LogP contribution >= 0.6 is 11.8 Å². The Labute approximate surface area is 221 Å². The van der Waals surface area contributed by atoms with Crippen molar-refractivity contribution >= 4 is 35.0 Å². The van der Waals surface area contributed by atoms with Crippen molar-refractivity contribution in [2.45, 2.75) is 5.22 Å². The van der Waals surface area contributed by atoms with E-state index in [9.17, 15) is 18.4 Å². The molecule has 0 atom stereocenters. The van der Waals surface area contributed by atoms with Crippen LogP contribution in [-0.4, -0.2) is 58.8 Å². The number of aromatic nitrogens is 2. The predicted octanol–water partition coefficient (Wildman–Crippen LogP) is 4.71. The summed E-state index contributed by atoms with van der Waals surface area (Å²) in [6, 6.07) is 19.3. The number of carbonyl (C=O) groups is 2. The summed E-state index contributed by atoms with van der Waals surface area (Å²) in [5, 5.41) is 10.8. The second-order valence-electron chi connectivity index (χ2n) is 8.53. The zero-order valence-corrected chi connectivity index (χ0v) is 21.0. The number of hydrogen-bond acceptors (Lipinski definition) is 7. The van der Waals surface area contributed by atoms with Crippen molar-refractivity contribution < 1.29 is 22.8 Å². The number of piperazine rings is 1. The van der Waals surface area contributed by atoms with Crippen LogP contribution in [0.25, 0.3) is 11.5 Å². The summed E-state index contributed by atoms with van der Waals surface area (Å²) in [6.45, 7) is 2.20. The third-order valence-corrected chi connectivity index (χ3v) is 6.81. The Balaban J connectivity index is 1.09. The Kier molecular flexibility index (Phi) is 7.64. The third-order valence-electron chi connectivity index (χ3n) is 5.99. The first kappa shape index (κ1) is 25.4. The molecule has 4 aromatic rings. The smallest absolute Gasteiger partial charge is 0.277 e. The molecule has 38 heavy (non-hydrogen) atoms. The van der Waals surface area contributed by atoms with Crippen LogP contribution in [0.1, 0.15) is 10.4 Å². The molecule has 0 unspecified atom stereocenters. The van der Waals surface area contributed by atoms with E-state index in [1.54, 1.807) is 29.2 Å². The highest BCUT2D eigenvalue weighted by Gasteiger charge is 2.24. The Morgan fingerprint density at radius 1 is 0.921 bits per heavy atom. The van der Waals surface area contributed by atoms with Crippen molar-refractivity contribution in [1.82, 2.24) is 15.1 Å². The average Bonchev–Trinajstić information content (AvgIpc) is 3.42. The lowest BCUT2D eigenvalue weighted by Crippen LogP contribution is -2.49. The van der Waals surface area contributed by atoms with Crippen LogP contribution in [0.4, 0.5) is 20.2 Å². The topological polar surface area (TPSA) is 91.6 Å². The summed E-state index contributed by atoms with van der Waals surface area (Å²) in [7, 11) is 0. The monoisotopic (exact) mass is 535 g/mol. The van der Waals surface area contributed by atoms with Gasteiger partial charge in [-0.15, -0.1) is 10.2 Å². The molecule has 1 saturated heterocycles. The predicted molar refractivity (Wildman–Crippen MR) is 140 cm³/mol. The molecule has 0 radical (unpaired) electrons. The molecule has 2 amide bonds. The number of halogens is 2. The van der Waals surface area contributed by atoms with E-state index in [1.807, 2.05) is 24.3 Å². The van der Waals surface area contributed by atoms with Gasteiger partial charge in [0.05, 0.1) is 11.3 Å². The molecule has 194 valence electrons. The molecule has 0 saturated carbocycles. The fourth-order valence-corrected chi connectivity index (χ4v) is 4.62. The molecule has 1 fully saturated rings. The number of thioether (sulfide) groups is 1. The van der Waals surface area contributed by atoms with E-state index in [-0.39, 0.29) is 34.2 Å². The van der Waals surface area contributed by atoms with Crippen molar-refractivity contribution in [3.63, 3.8) is 0 Å². The number of amides is 2. The molecule has 1 N–H and O–H groups in total. The summed E-state index contributed by atoms with van der Waals surface area (Å²) in [4.78, 5) is 28.8. The normalized spacial score (nSPS) is 13.4. The maximum Gasteiger partial charge on any atom is 0.277 e. The summed E-state index contributed by atoms with van der Waals surface area (Å²) in [5.74, 6) is -1.22. The van der Waals surface area contributed by atoms with Gasteiger partial charge in [0, 0.05) is 43.1 Å². The van der Waals surface area contributed by atoms with Gasteiger partial charge in [0.15, 0.2) is 0 Å². The molecule has 1 aromatic heterocycles. The quantitative estimate of drug-likeness (QED) is 0.343. The van der Waals surface area contributed by atoms with Crippen molar-refractivity contribution in [2.75, 3.05) is 42.1 Å². The van der Waals surface area contributed by atoms with E-state index in [2.05, 4.69) is 20.4 Å². The number of anilines is 2. The molecule has 2 heterocycles. The van der Waals surface area contributed by atoms with Gasteiger partial charge in [-0.2, -0.15) is 0 Å². The summed E-state index contributed by atoms with van der Waals surface area (Å²) in [6.07, 6.45) is 0. The van der Waals surface area contributed by atoms with Gasteiger partial charge in [-0.25, -0.2) is 8.78 Å². The van der Waals surface area contributed by atoms with Crippen LogP contribution in [0.2, 0.25) is 0 Å². The fraction of sp³-hybridized carbons (Fsp3) is 0.185. The fourth-order valence-electron chi connectivity index (χ4n) is 4.06. The largest absolute Gasteiger partial charge is 0.411 e. The van der Waals surface area contributed by atoms with Crippen molar-refractivity contribution in [3.8, 4) is 11.5 Å². The first-order valence-electron chi connectivity index (χ1n) is 11.9. The molecule has 1 aliphatic rings. The van der Waals surface area contributed by atoms with Gasteiger partial charge in [0.2, 0.25) is 11.8 Å². The molecule has 3 aromatic carbocycles. The third kappa shape index (κ3) is 6.00. The van der Waals surface area contributed by atoms with Gasteiger partial charge < -0.3 is 19.5 Å². The Morgan fingerprint density at radius 2 is 1.68 bits per heavy atom. The molecule has 5 rings (SSSR count). The first-order chi connectivity index (χ1) is 18.5. The molecule has 11 heteroatoms. The highest BCUT2D eigenvalue weighted by Crippen LogP contribution is 2.24. The molecule has 1 aliphatic heterocycles. The van der Waals surface area contributed by atoms with Crippen LogP contribution in [0, 0.1) is 11.6 Å². The zero-order valence-electron chi connectivity index (χ0n) is 20.1. The standard InChI is InChI=1S/C27H23F2N5O3S/c28-19-5-3-4-18(16-19)25-31-32-27(37-25)38-17-24(35)30-20-8-10-21(11-9-20)33-12-14-34(15-13-33)26(36)22-6-1-2-7-23(22)29/h1-11,16H,12-15,17H2,(H,30,35). The van der Waals surface area contributed by atoms with E-state index in [0.29, 0.717) is 37.4 Å². The zero-order chi connectivity index (χ0) is 26.5. The van der Waals surface area contributed by atoms with E-state index >= 15 is 0 Å². The van der Waals surface area contributed by atoms with Crippen LogP contribution in [-0.2, 0) is 4.79 Å². The van der Waals surface area contributed by atoms with Crippen LogP contribution in [0.15, 0.2) is 82.4 Å². The molecule has 0 spiro atoms. The van der Waals surface area contributed by atoms with Gasteiger partial charge in [-0.3, -0.25) is 9.59 Å². The summed E-state index contributed by atoms with van der Waals surface area (Å²) < 4.78 is 32.9. The lowest BCUT2D eigenvalue weighted by molar-refractivity contribution is -0.113. The van der Waals surface area contributed by atoms with Gasteiger partial charge >= 0.3 is 0 Å². The Morgan fingerprint density at radius 3 is 2.42 bits per heavy atom. The molecule has 8 nitrogen and oxygen atoms in total. The Hall–Kier alpha value is -4.25. The van der Waals surface area contributed by atoms with E-state index < -0.39 is 11.6 Å². The number of carbonyl (C=O) groups excluding carboxylic acids is 2. The maximum absolute atomic E-state index is 14.0. The maximum atomic E-state index is 14.0. The van der Waals surface area contributed by atoms with Crippen LogP contribution in [0.3, 0.4) is 0 Å². The average molecular weight is 536 g/mol. The highest BCUT2D eigenvalue weighted by molar-refractivity contribution is 7.99.